The van der Waals surface area contributed by atoms with Crippen LogP contribution >= 0.6 is 0 Å². The molecular formula is C45H28N2O2. The van der Waals surface area contributed by atoms with E-state index >= 15 is 0 Å². The molecule has 0 bridgehead atoms. The van der Waals surface area contributed by atoms with E-state index in [0.717, 1.165) is 82.9 Å². The lowest BCUT2D eigenvalue weighted by Crippen LogP contribution is -2.09. The average Bonchev–Trinajstić information content (AvgIpc) is 3.78. The number of hydrogen-bond donors (Lipinski definition) is 0. The van der Waals surface area contributed by atoms with E-state index in [4.69, 9.17) is 13.8 Å². The maximum Gasteiger partial charge on any atom is 0.227 e. The molecule has 10 rings (SSSR count). The number of benzene rings is 8. The van der Waals surface area contributed by atoms with Gasteiger partial charge in [-0.3, -0.25) is 0 Å². The third-order valence-electron chi connectivity index (χ3n) is 9.47. The Morgan fingerprint density at radius 1 is 0.429 bits per heavy atom. The Hall–Kier alpha value is -6.65. The summed E-state index contributed by atoms with van der Waals surface area (Å²) in [5, 5.41) is 6.84. The summed E-state index contributed by atoms with van der Waals surface area (Å²) in [5.74, 6) is 0.598. The van der Waals surface area contributed by atoms with Crippen LogP contribution in [0.2, 0.25) is 0 Å². The quantitative estimate of drug-likeness (QED) is 0.178. The molecule has 0 saturated heterocycles. The number of hydrogen-bond acceptors (Lipinski definition) is 4. The molecule has 230 valence electrons. The van der Waals surface area contributed by atoms with Crippen molar-refractivity contribution in [2.45, 2.75) is 0 Å². The molecule has 8 aromatic carbocycles. The standard InChI is InChI=1S/C45H28N2O2/c1-2-12-33(13-3-1)47(34-25-22-30(23-26-34)37-17-9-19-41-43(37)38-16-6-7-18-40(38)48-41)35-14-8-11-32(28-35)45-46-39-27-24-31-21-20-29-10-4-5-15-36(29)42(31)44(39)49-45/h1-28H. The van der Waals surface area contributed by atoms with Gasteiger partial charge in [0.15, 0.2) is 5.58 Å². The smallest absolute Gasteiger partial charge is 0.227 e. The molecule has 0 saturated carbocycles. The summed E-state index contributed by atoms with van der Waals surface area (Å²) in [6.07, 6.45) is 0. The van der Waals surface area contributed by atoms with Crippen LogP contribution < -0.4 is 4.90 Å². The van der Waals surface area contributed by atoms with Gasteiger partial charge in [0.1, 0.15) is 16.7 Å². The van der Waals surface area contributed by atoms with Crippen LogP contribution in [-0.4, -0.2) is 4.98 Å². The van der Waals surface area contributed by atoms with Gasteiger partial charge in [-0.05, 0) is 87.9 Å². The van der Waals surface area contributed by atoms with Crippen LogP contribution in [-0.2, 0) is 0 Å². The van der Waals surface area contributed by atoms with Gasteiger partial charge in [-0.2, -0.15) is 0 Å². The van der Waals surface area contributed by atoms with Gasteiger partial charge in [-0.15, -0.1) is 0 Å². The van der Waals surface area contributed by atoms with Crippen molar-refractivity contribution in [1.29, 1.82) is 0 Å². The van der Waals surface area contributed by atoms with Crippen LogP contribution in [0.4, 0.5) is 17.1 Å². The van der Waals surface area contributed by atoms with E-state index < -0.39 is 0 Å². The number of rotatable bonds is 5. The molecule has 2 heterocycles. The number of fused-ring (bicyclic) bond motifs is 8. The molecule has 2 aromatic heterocycles. The van der Waals surface area contributed by atoms with Gasteiger partial charge in [0.05, 0.1) is 0 Å². The number of furan rings is 1. The number of anilines is 3. The topological polar surface area (TPSA) is 42.4 Å². The predicted octanol–water partition coefficient (Wildman–Crippen LogP) is 12.8. The molecule has 4 nitrogen and oxygen atoms in total. The monoisotopic (exact) mass is 628 g/mol. The average molecular weight is 629 g/mol. The minimum atomic E-state index is 0.598. The van der Waals surface area contributed by atoms with Crippen LogP contribution in [0.25, 0.3) is 77.2 Å². The SMILES string of the molecule is c1ccc(N(c2ccc(-c3cccc4oc5ccccc5c34)cc2)c2cccc(-c3nc4ccc5ccc6ccccc6c5c4o3)c2)cc1. The molecule has 0 aliphatic heterocycles. The molecule has 0 aliphatic carbocycles. The first-order valence-corrected chi connectivity index (χ1v) is 16.5. The van der Waals surface area contributed by atoms with E-state index in [1.165, 1.54) is 5.39 Å². The minimum Gasteiger partial charge on any atom is -0.456 e. The molecule has 0 unspecified atom stereocenters. The summed E-state index contributed by atoms with van der Waals surface area (Å²) >= 11 is 0. The van der Waals surface area contributed by atoms with Crippen molar-refractivity contribution in [3.8, 4) is 22.6 Å². The molecule has 0 spiro atoms. The molecule has 0 aliphatic rings. The third kappa shape index (κ3) is 4.49. The Labute approximate surface area is 282 Å². The fourth-order valence-corrected chi connectivity index (χ4v) is 7.20. The van der Waals surface area contributed by atoms with Crippen molar-refractivity contribution in [1.82, 2.24) is 4.98 Å². The first-order chi connectivity index (χ1) is 24.3. The maximum absolute atomic E-state index is 6.61. The van der Waals surface area contributed by atoms with Gasteiger partial charge < -0.3 is 13.7 Å². The molecule has 0 atom stereocenters. The van der Waals surface area contributed by atoms with Gasteiger partial charge in [0, 0.05) is 38.8 Å². The predicted molar refractivity (Wildman–Crippen MR) is 202 cm³/mol. The molecule has 0 N–H and O–H groups in total. The number of oxazole rings is 1. The van der Waals surface area contributed by atoms with E-state index in [2.05, 4.69) is 144 Å². The van der Waals surface area contributed by atoms with Gasteiger partial charge in [-0.1, -0.05) is 109 Å². The zero-order valence-corrected chi connectivity index (χ0v) is 26.4. The molecule has 10 aromatic rings. The largest absolute Gasteiger partial charge is 0.456 e. The minimum absolute atomic E-state index is 0.598. The van der Waals surface area contributed by atoms with Gasteiger partial charge >= 0.3 is 0 Å². The van der Waals surface area contributed by atoms with Crippen molar-refractivity contribution in [2.24, 2.45) is 0 Å². The Bertz CT molecular complexity index is 2830. The summed E-state index contributed by atoms with van der Waals surface area (Å²) in [7, 11) is 0. The van der Waals surface area contributed by atoms with E-state index in [1.54, 1.807) is 0 Å². The highest BCUT2D eigenvalue weighted by atomic mass is 16.3. The number of para-hydroxylation sites is 2. The Morgan fingerprint density at radius 3 is 2.02 bits per heavy atom. The van der Waals surface area contributed by atoms with Crippen LogP contribution in [0.1, 0.15) is 0 Å². The Morgan fingerprint density at radius 2 is 1.12 bits per heavy atom. The van der Waals surface area contributed by atoms with Crippen molar-refractivity contribution >= 4 is 71.6 Å². The summed E-state index contributed by atoms with van der Waals surface area (Å²) < 4.78 is 12.8. The summed E-state index contributed by atoms with van der Waals surface area (Å²) in [6, 6.07) is 59.1. The fraction of sp³-hybridized carbons (Fsp3) is 0. The van der Waals surface area contributed by atoms with E-state index in [0.29, 0.717) is 5.89 Å². The van der Waals surface area contributed by atoms with Gasteiger partial charge in [-0.25, -0.2) is 4.98 Å². The number of nitrogens with zero attached hydrogens (tertiary/aromatic N) is 2. The molecule has 0 amide bonds. The van der Waals surface area contributed by atoms with Gasteiger partial charge in [0.25, 0.3) is 0 Å². The lowest BCUT2D eigenvalue weighted by Gasteiger charge is -2.26. The fourth-order valence-electron chi connectivity index (χ4n) is 7.20. The summed E-state index contributed by atoms with van der Waals surface area (Å²) in [5.41, 5.74) is 9.77. The van der Waals surface area contributed by atoms with E-state index in [-0.39, 0.29) is 0 Å². The molecule has 0 radical (unpaired) electrons. The van der Waals surface area contributed by atoms with E-state index in [9.17, 15) is 0 Å². The summed E-state index contributed by atoms with van der Waals surface area (Å²) in [6.45, 7) is 0. The zero-order chi connectivity index (χ0) is 32.3. The first-order valence-electron chi connectivity index (χ1n) is 16.5. The van der Waals surface area contributed by atoms with Crippen molar-refractivity contribution in [3.63, 3.8) is 0 Å². The van der Waals surface area contributed by atoms with E-state index in [1.807, 2.05) is 30.3 Å². The van der Waals surface area contributed by atoms with Crippen LogP contribution in [0.3, 0.4) is 0 Å². The van der Waals surface area contributed by atoms with Crippen LogP contribution in [0.5, 0.6) is 0 Å². The van der Waals surface area contributed by atoms with Crippen LogP contribution in [0.15, 0.2) is 179 Å². The second-order valence-corrected chi connectivity index (χ2v) is 12.4. The Balaban J connectivity index is 1.08. The highest BCUT2D eigenvalue weighted by molar-refractivity contribution is 6.18. The highest BCUT2D eigenvalue weighted by Crippen LogP contribution is 2.41. The first kappa shape index (κ1) is 27.5. The van der Waals surface area contributed by atoms with Crippen molar-refractivity contribution in [2.75, 3.05) is 4.90 Å². The van der Waals surface area contributed by atoms with Crippen molar-refractivity contribution in [3.05, 3.63) is 170 Å². The zero-order valence-electron chi connectivity index (χ0n) is 26.4. The Kier molecular flexibility index (Phi) is 6.15. The summed E-state index contributed by atoms with van der Waals surface area (Å²) in [4.78, 5) is 7.25. The second kappa shape index (κ2) is 11.0. The third-order valence-corrected chi connectivity index (χ3v) is 9.47. The molecule has 49 heavy (non-hydrogen) atoms. The molecule has 4 heteroatoms. The maximum atomic E-state index is 6.61. The highest BCUT2D eigenvalue weighted by Gasteiger charge is 2.18. The van der Waals surface area contributed by atoms with Crippen LogP contribution in [0, 0.1) is 0 Å². The second-order valence-electron chi connectivity index (χ2n) is 12.4. The van der Waals surface area contributed by atoms with Crippen molar-refractivity contribution < 1.29 is 8.83 Å². The lowest BCUT2D eigenvalue weighted by atomic mass is 9.99. The molecule has 0 fully saturated rings. The van der Waals surface area contributed by atoms with Gasteiger partial charge in [0.2, 0.25) is 5.89 Å². The number of aromatic nitrogens is 1. The lowest BCUT2D eigenvalue weighted by molar-refractivity contribution is 0.623. The molecular weight excluding hydrogens is 601 g/mol. The normalized spacial score (nSPS) is 11.7.